The Bertz CT molecular complexity index is 772. The van der Waals surface area contributed by atoms with Crippen molar-refractivity contribution < 1.29 is 4.42 Å². The number of oxazole rings is 1. The smallest absolute Gasteiger partial charge is 0.406 e. The van der Waals surface area contributed by atoms with Crippen LogP contribution >= 0.6 is 0 Å². The van der Waals surface area contributed by atoms with Gasteiger partial charge in [-0.2, -0.15) is 0 Å². The lowest BCUT2D eigenvalue weighted by Gasteiger charge is -2.03. The van der Waals surface area contributed by atoms with Crippen molar-refractivity contribution in [2.45, 2.75) is 19.4 Å². The third kappa shape index (κ3) is 2.42. The van der Waals surface area contributed by atoms with E-state index in [2.05, 4.69) is 4.98 Å². The Hall–Kier alpha value is -2.56. The second-order valence-electron chi connectivity index (χ2n) is 4.69. The molecule has 2 N–H and O–H groups in total. The summed E-state index contributed by atoms with van der Waals surface area (Å²) in [5.41, 5.74) is 8.75. The highest BCUT2D eigenvalue weighted by atomic mass is 16.4. The maximum atomic E-state index is 11.8. The van der Waals surface area contributed by atoms with Gasteiger partial charge >= 0.3 is 5.76 Å². The van der Waals surface area contributed by atoms with Crippen LogP contribution in [-0.4, -0.2) is 9.55 Å². The molecule has 0 aliphatic carbocycles. The third-order valence-electron chi connectivity index (χ3n) is 3.25. The number of hydrogen-bond acceptors (Lipinski definition) is 4. The first-order chi connectivity index (χ1) is 9.74. The van der Waals surface area contributed by atoms with Gasteiger partial charge in [-0.15, -0.1) is 0 Å². The van der Waals surface area contributed by atoms with Gasteiger partial charge in [-0.3, -0.25) is 4.57 Å². The summed E-state index contributed by atoms with van der Waals surface area (Å²) in [6.45, 7) is 0.590. The van der Waals surface area contributed by atoms with E-state index in [-0.39, 0.29) is 5.76 Å². The fourth-order valence-electron chi connectivity index (χ4n) is 2.22. The number of benzene rings is 1. The van der Waals surface area contributed by atoms with Crippen molar-refractivity contribution in [3.8, 4) is 0 Å². The normalized spacial score (nSPS) is 11.0. The maximum Gasteiger partial charge on any atom is 0.421 e. The minimum absolute atomic E-state index is 0.351. The number of fused-ring (bicyclic) bond motifs is 1. The molecule has 0 saturated heterocycles. The van der Waals surface area contributed by atoms with E-state index >= 15 is 0 Å². The van der Waals surface area contributed by atoms with E-state index in [1.165, 1.54) is 5.56 Å². The van der Waals surface area contributed by atoms with E-state index in [4.69, 9.17) is 10.2 Å². The predicted molar refractivity (Wildman–Crippen MR) is 77.4 cm³/mol. The molecule has 0 spiro atoms. The second-order valence-corrected chi connectivity index (χ2v) is 4.69. The van der Waals surface area contributed by atoms with E-state index in [1.54, 1.807) is 22.9 Å². The van der Waals surface area contributed by atoms with Crippen molar-refractivity contribution in [2.24, 2.45) is 0 Å². The molecule has 5 nitrogen and oxygen atoms in total. The van der Waals surface area contributed by atoms with Gasteiger partial charge in [0.25, 0.3) is 0 Å². The third-order valence-corrected chi connectivity index (χ3v) is 3.25. The quantitative estimate of drug-likeness (QED) is 0.737. The summed E-state index contributed by atoms with van der Waals surface area (Å²) in [6, 6.07) is 11.3. The molecule has 0 aliphatic rings. The summed E-state index contributed by atoms with van der Waals surface area (Å²) in [6.07, 6.45) is 3.38. The molecular weight excluding hydrogens is 254 g/mol. The Morgan fingerprint density at radius 2 is 2.00 bits per heavy atom. The summed E-state index contributed by atoms with van der Waals surface area (Å²) in [7, 11) is 0. The van der Waals surface area contributed by atoms with E-state index in [1.807, 2.05) is 24.3 Å². The van der Waals surface area contributed by atoms with Gasteiger partial charge in [0.15, 0.2) is 11.2 Å². The number of anilines is 1. The molecule has 0 fully saturated rings. The van der Waals surface area contributed by atoms with Gasteiger partial charge in [-0.25, -0.2) is 9.78 Å². The number of nitrogens with zero attached hydrogens (tertiary/aromatic N) is 2. The van der Waals surface area contributed by atoms with Crippen molar-refractivity contribution in [3.05, 3.63) is 58.7 Å². The van der Waals surface area contributed by atoms with Crippen LogP contribution in [0.15, 0.2) is 51.8 Å². The highest BCUT2D eigenvalue weighted by Gasteiger charge is 2.09. The number of aryl methyl sites for hydroxylation is 2. The highest BCUT2D eigenvalue weighted by Crippen LogP contribution is 2.11. The first-order valence-corrected chi connectivity index (χ1v) is 6.53. The molecule has 5 heteroatoms. The topological polar surface area (TPSA) is 74.0 Å². The van der Waals surface area contributed by atoms with Crippen LogP contribution in [0.4, 0.5) is 5.69 Å². The Balaban J connectivity index is 1.72. The highest BCUT2D eigenvalue weighted by molar-refractivity contribution is 5.67. The van der Waals surface area contributed by atoms with E-state index in [0.717, 1.165) is 18.5 Å². The Labute approximate surface area is 115 Å². The Morgan fingerprint density at radius 3 is 2.80 bits per heavy atom. The van der Waals surface area contributed by atoms with Gasteiger partial charge in [0.2, 0.25) is 0 Å². The molecule has 0 saturated carbocycles. The fraction of sp³-hybridized carbons (Fsp3) is 0.200. The standard InChI is InChI=1S/C15H15N3O2/c16-12-7-5-11(6-8-12)3-2-10-18-14-13(20-15(18)19)4-1-9-17-14/h1,4-9H,2-3,10,16H2. The average molecular weight is 269 g/mol. The number of hydrogen-bond donors (Lipinski definition) is 1. The molecule has 3 aromatic rings. The summed E-state index contributed by atoms with van der Waals surface area (Å²) in [4.78, 5) is 16.0. The average Bonchev–Trinajstić information content (AvgIpc) is 2.77. The monoisotopic (exact) mass is 269 g/mol. The van der Waals surface area contributed by atoms with Crippen molar-refractivity contribution in [1.82, 2.24) is 9.55 Å². The molecule has 102 valence electrons. The molecule has 0 radical (unpaired) electrons. The first kappa shape index (κ1) is 12.5. The van der Waals surface area contributed by atoms with Gasteiger partial charge in [0.1, 0.15) is 0 Å². The molecule has 1 aromatic carbocycles. The molecule has 0 bridgehead atoms. The minimum atomic E-state index is -0.351. The van der Waals surface area contributed by atoms with Crippen LogP contribution in [-0.2, 0) is 13.0 Å². The van der Waals surface area contributed by atoms with Crippen LogP contribution in [0.25, 0.3) is 11.2 Å². The lowest BCUT2D eigenvalue weighted by molar-refractivity contribution is 0.497. The van der Waals surface area contributed by atoms with E-state index in [0.29, 0.717) is 17.8 Å². The molecule has 0 aliphatic heterocycles. The lowest BCUT2D eigenvalue weighted by atomic mass is 10.1. The molecule has 3 rings (SSSR count). The summed E-state index contributed by atoms with van der Waals surface area (Å²) < 4.78 is 6.72. The molecule has 0 atom stereocenters. The van der Waals surface area contributed by atoms with E-state index < -0.39 is 0 Å². The van der Waals surface area contributed by atoms with Crippen LogP contribution in [0.5, 0.6) is 0 Å². The van der Waals surface area contributed by atoms with E-state index in [9.17, 15) is 4.79 Å². The van der Waals surface area contributed by atoms with Gasteiger partial charge in [0, 0.05) is 18.4 Å². The zero-order chi connectivity index (χ0) is 13.9. The van der Waals surface area contributed by atoms with Crippen LogP contribution in [0.3, 0.4) is 0 Å². The van der Waals surface area contributed by atoms with Crippen LogP contribution in [0.2, 0.25) is 0 Å². The second kappa shape index (κ2) is 5.21. The van der Waals surface area contributed by atoms with Crippen LogP contribution in [0.1, 0.15) is 12.0 Å². The zero-order valence-corrected chi connectivity index (χ0v) is 11.0. The maximum absolute atomic E-state index is 11.8. The van der Waals surface area contributed by atoms with Crippen molar-refractivity contribution in [2.75, 3.05) is 5.73 Å². The SMILES string of the molecule is Nc1ccc(CCCn2c(=O)oc3cccnc32)cc1. The van der Waals surface area contributed by atoms with Crippen molar-refractivity contribution >= 4 is 16.9 Å². The fourth-order valence-corrected chi connectivity index (χ4v) is 2.22. The number of nitrogens with two attached hydrogens (primary N) is 1. The van der Waals surface area contributed by atoms with Crippen molar-refractivity contribution in [3.63, 3.8) is 0 Å². The van der Waals surface area contributed by atoms with Crippen LogP contribution in [0, 0.1) is 0 Å². The largest absolute Gasteiger partial charge is 0.421 e. The Morgan fingerprint density at radius 1 is 1.20 bits per heavy atom. The molecule has 0 unspecified atom stereocenters. The minimum Gasteiger partial charge on any atom is -0.406 e. The molecule has 0 amide bonds. The number of nitrogen functional groups attached to an aromatic ring is 1. The first-order valence-electron chi connectivity index (χ1n) is 6.53. The number of pyridine rings is 1. The Kier molecular flexibility index (Phi) is 3.25. The number of rotatable bonds is 4. The van der Waals surface area contributed by atoms with Gasteiger partial charge < -0.3 is 10.2 Å². The summed E-state index contributed by atoms with van der Waals surface area (Å²) in [5.74, 6) is -0.351. The molecular formula is C15H15N3O2. The van der Waals surface area contributed by atoms with Gasteiger partial charge in [-0.1, -0.05) is 12.1 Å². The van der Waals surface area contributed by atoms with Gasteiger partial charge in [-0.05, 0) is 42.7 Å². The molecule has 2 aromatic heterocycles. The summed E-state index contributed by atoms with van der Waals surface area (Å²) in [5, 5.41) is 0. The zero-order valence-electron chi connectivity index (χ0n) is 11.0. The van der Waals surface area contributed by atoms with Crippen LogP contribution < -0.4 is 11.5 Å². The van der Waals surface area contributed by atoms with Crippen molar-refractivity contribution in [1.29, 1.82) is 0 Å². The molecule has 2 heterocycles. The lowest BCUT2D eigenvalue weighted by Crippen LogP contribution is -2.15. The predicted octanol–water partition coefficient (Wildman–Crippen LogP) is 2.20. The number of aromatic nitrogens is 2. The summed E-state index contributed by atoms with van der Waals surface area (Å²) >= 11 is 0. The van der Waals surface area contributed by atoms with Gasteiger partial charge in [0.05, 0.1) is 0 Å². The molecule has 20 heavy (non-hydrogen) atoms.